The number of methoxy groups -OCH3 is 3. The van der Waals surface area contributed by atoms with E-state index in [-0.39, 0.29) is 41.8 Å². The molecule has 13 heteroatoms. The van der Waals surface area contributed by atoms with Gasteiger partial charge in [0.15, 0.2) is 58.5 Å². The van der Waals surface area contributed by atoms with Crippen molar-refractivity contribution in [2.75, 3.05) is 27.9 Å². The normalized spacial score (nSPS) is 13.7. The van der Waals surface area contributed by atoms with Gasteiger partial charge in [-0.15, -0.1) is 0 Å². The van der Waals surface area contributed by atoms with Crippen LogP contribution in [0.4, 0.5) is 30.7 Å². The summed E-state index contributed by atoms with van der Waals surface area (Å²) in [5.74, 6) is -8.38. The van der Waals surface area contributed by atoms with Crippen LogP contribution in [0.25, 0.3) is 0 Å². The molecule has 0 spiro atoms. The van der Waals surface area contributed by atoms with Crippen LogP contribution in [0.3, 0.4) is 0 Å². The van der Waals surface area contributed by atoms with Crippen LogP contribution in [-0.4, -0.2) is 38.2 Å². The van der Waals surface area contributed by atoms with Crippen LogP contribution in [0, 0.1) is 23.3 Å². The third-order valence-electron chi connectivity index (χ3n) is 9.20. The van der Waals surface area contributed by atoms with Gasteiger partial charge in [-0.3, -0.25) is 0 Å². The summed E-state index contributed by atoms with van der Waals surface area (Å²) < 4.78 is 123. The maximum absolute atomic E-state index is 14.8. The van der Waals surface area contributed by atoms with Crippen molar-refractivity contribution in [3.8, 4) is 23.0 Å². The highest BCUT2D eigenvalue weighted by molar-refractivity contribution is 6.03. The van der Waals surface area contributed by atoms with E-state index >= 15 is 0 Å². The van der Waals surface area contributed by atoms with E-state index in [1.54, 1.807) is 26.4 Å². The van der Waals surface area contributed by atoms with E-state index in [2.05, 4.69) is 56.5 Å². The average Bonchev–Trinajstić information content (AvgIpc) is 3.09. The number of hydrogen-bond acceptors (Lipinski definition) is 4. The van der Waals surface area contributed by atoms with Crippen LogP contribution in [0.5, 0.6) is 23.0 Å². The van der Waals surface area contributed by atoms with Crippen molar-refractivity contribution in [1.29, 1.82) is 0 Å². The molecule has 1 aliphatic heterocycles. The smallest absolute Gasteiger partial charge is 0.422 e. The van der Waals surface area contributed by atoms with Gasteiger partial charge in [0.1, 0.15) is 18.7 Å². The summed E-state index contributed by atoms with van der Waals surface area (Å²) in [6.45, 7) is 8.12. The van der Waals surface area contributed by atoms with Crippen molar-refractivity contribution in [1.82, 2.24) is 0 Å². The summed E-state index contributed by atoms with van der Waals surface area (Å²) in [7, 11) is 4.46. The first-order chi connectivity index (χ1) is 24.0. The van der Waals surface area contributed by atoms with Gasteiger partial charge in [-0.25, -0.2) is 22.1 Å². The first-order valence-corrected chi connectivity index (χ1v) is 16.2. The largest absolute Gasteiger partial charge is 1.00 e. The van der Waals surface area contributed by atoms with Crippen molar-refractivity contribution in [3.63, 3.8) is 0 Å². The lowest BCUT2D eigenvalue weighted by Crippen LogP contribution is -3.00. The van der Waals surface area contributed by atoms with E-state index in [1.165, 1.54) is 18.7 Å². The predicted molar refractivity (Wildman–Crippen MR) is 178 cm³/mol. The molecule has 0 aliphatic carbocycles. The van der Waals surface area contributed by atoms with E-state index in [1.807, 2.05) is 12.1 Å². The average molecular weight is 754 g/mol. The molecule has 280 valence electrons. The van der Waals surface area contributed by atoms with Crippen LogP contribution in [0.1, 0.15) is 72.6 Å². The molecule has 4 aromatic rings. The molecular weight excluding hydrogens is 715 g/mol. The van der Waals surface area contributed by atoms with Gasteiger partial charge in [-0.1, -0.05) is 51.1 Å². The Morgan fingerprint density at radius 3 is 1.88 bits per heavy atom. The first kappa shape index (κ1) is 40.3. The van der Waals surface area contributed by atoms with Gasteiger partial charge in [0.2, 0.25) is 0 Å². The fourth-order valence-corrected chi connectivity index (χ4v) is 6.43. The fraction of sp³-hybridized carbons (Fsp3) is 0.359. The molecule has 5 rings (SSSR count). The Labute approximate surface area is 304 Å². The van der Waals surface area contributed by atoms with Gasteiger partial charge < -0.3 is 31.4 Å². The van der Waals surface area contributed by atoms with Crippen molar-refractivity contribution in [2.24, 2.45) is 0 Å². The molecule has 0 saturated heterocycles. The van der Waals surface area contributed by atoms with Crippen LogP contribution in [0.2, 0.25) is 0 Å². The lowest BCUT2D eigenvalue weighted by molar-refractivity contribution is -0.546. The summed E-state index contributed by atoms with van der Waals surface area (Å²) in [6, 6.07) is 17.2. The maximum atomic E-state index is 14.8. The summed E-state index contributed by atoms with van der Waals surface area (Å²) in [6.07, 6.45) is -5.04. The highest BCUT2D eigenvalue weighted by atomic mass is 35.5. The van der Waals surface area contributed by atoms with Gasteiger partial charge in [-0.05, 0) is 53.3 Å². The molecule has 1 atom stereocenters. The van der Waals surface area contributed by atoms with Gasteiger partial charge >= 0.3 is 6.18 Å². The quantitative estimate of drug-likeness (QED) is 0.105. The molecule has 0 N–H and O–H groups in total. The summed E-state index contributed by atoms with van der Waals surface area (Å²) >= 11 is 0. The van der Waals surface area contributed by atoms with E-state index in [0.717, 1.165) is 22.4 Å². The fourth-order valence-electron chi connectivity index (χ4n) is 6.43. The Morgan fingerprint density at radius 2 is 1.35 bits per heavy atom. The van der Waals surface area contributed by atoms with Crippen molar-refractivity contribution in [3.05, 3.63) is 117 Å². The van der Waals surface area contributed by atoms with E-state index in [9.17, 15) is 30.7 Å². The van der Waals surface area contributed by atoms with Crippen LogP contribution in [-0.2, 0) is 31.2 Å². The minimum absolute atomic E-state index is 0. The molecule has 0 fully saturated rings. The van der Waals surface area contributed by atoms with Gasteiger partial charge in [-0.2, -0.15) is 13.2 Å². The third-order valence-corrected chi connectivity index (χ3v) is 9.20. The first-order valence-electron chi connectivity index (χ1n) is 16.2. The minimum Gasteiger partial charge on any atom is -1.00 e. The molecule has 0 saturated carbocycles. The van der Waals surface area contributed by atoms with Gasteiger partial charge in [0, 0.05) is 12.0 Å². The van der Waals surface area contributed by atoms with E-state index in [4.69, 9.17) is 18.9 Å². The Kier molecular flexibility index (Phi) is 12.1. The highest BCUT2D eigenvalue weighted by Crippen LogP contribution is 2.40. The number of para-hydroxylation sites is 1. The zero-order chi connectivity index (χ0) is 37.4. The van der Waals surface area contributed by atoms with Crippen LogP contribution < -0.4 is 31.4 Å². The summed E-state index contributed by atoms with van der Waals surface area (Å²) in [4.78, 5) is 0. The molecule has 4 aromatic carbocycles. The topological polar surface area (TPSA) is 39.9 Å². The number of ether oxygens (including phenoxy) is 4. The van der Waals surface area contributed by atoms with Crippen molar-refractivity contribution >= 4 is 5.71 Å². The van der Waals surface area contributed by atoms with Crippen LogP contribution >= 0.6 is 0 Å². The second-order valence-electron chi connectivity index (χ2n) is 13.4. The third kappa shape index (κ3) is 7.82. The SMILES string of the molecule is COc1cc2c(cc1OC)C(C(C)c1ccc(C(C)(C)C)cc1)=[N+](Cc1cccc(OC)c1OCc1c(F)c(F)c(C(F)(F)F)c(F)c1F)CC2.[Cl-]. The molecular formula is C39H39ClF7NO4. The van der Waals surface area contributed by atoms with Crippen molar-refractivity contribution in [2.45, 2.75) is 64.8 Å². The summed E-state index contributed by atoms with van der Waals surface area (Å²) in [5, 5.41) is 0. The molecule has 1 heterocycles. The maximum Gasteiger partial charge on any atom is 0.422 e. The molecule has 0 aromatic heterocycles. The summed E-state index contributed by atoms with van der Waals surface area (Å²) in [5.41, 5.74) is 1.59. The number of rotatable bonds is 10. The van der Waals surface area contributed by atoms with Crippen molar-refractivity contribution < 1.29 is 66.7 Å². The molecule has 5 nitrogen and oxygen atoms in total. The monoisotopic (exact) mass is 753 g/mol. The number of halogens is 8. The lowest BCUT2D eigenvalue weighted by atomic mass is 9.83. The Morgan fingerprint density at radius 1 is 0.769 bits per heavy atom. The zero-order valence-corrected chi connectivity index (χ0v) is 30.5. The lowest BCUT2D eigenvalue weighted by Gasteiger charge is -2.25. The zero-order valence-electron chi connectivity index (χ0n) is 29.7. The van der Waals surface area contributed by atoms with Crippen LogP contribution in [0.15, 0.2) is 54.6 Å². The standard InChI is InChI=1S/C39H39F7NO4.ClH/c1-21(22-11-13-25(14-12-22)38(2,3)4)36-26-18-30(50-7)29(49-6)17-23(26)15-16-47(36)19-24-9-8-10-28(48-5)37(24)51-20-27-32(40)34(42)31(39(44,45)46)35(43)33(27)41;/h8-14,17-18,21H,15-16,19-20H2,1-7H3;1H/q+1;/p-1. The number of hydrogen-bond donors (Lipinski definition) is 0. The number of alkyl halides is 3. The van der Waals surface area contributed by atoms with Gasteiger partial charge in [0.25, 0.3) is 0 Å². The van der Waals surface area contributed by atoms with E-state index in [0.29, 0.717) is 30.0 Å². The predicted octanol–water partition coefficient (Wildman–Crippen LogP) is 6.53. The Balaban J connectivity index is 0.00000605. The number of benzene rings is 4. The molecule has 52 heavy (non-hydrogen) atoms. The second kappa shape index (κ2) is 15.7. The molecule has 0 amide bonds. The van der Waals surface area contributed by atoms with E-state index < -0.39 is 47.2 Å². The molecule has 0 radical (unpaired) electrons. The highest BCUT2D eigenvalue weighted by Gasteiger charge is 2.42. The second-order valence-corrected chi connectivity index (χ2v) is 13.4. The number of nitrogens with zero attached hydrogens (tertiary/aromatic N) is 1. The van der Waals surface area contributed by atoms with Gasteiger partial charge in [0.05, 0.1) is 38.4 Å². The Hall–Kier alpha value is -4.45. The molecule has 0 bridgehead atoms. The molecule has 1 unspecified atom stereocenters. The Bertz CT molecular complexity index is 1940. The minimum atomic E-state index is -5.66. The number of fused-ring (bicyclic) bond motifs is 1. The molecule has 1 aliphatic rings.